The molecule has 0 unspecified atom stereocenters. The number of ether oxygens (including phenoxy) is 1. The van der Waals surface area contributed by atoms with E-state index >= 15 is 0 Å². The van der Waals surface area contributed by atoms with Gasteiger partial charge in [-0.2, -0.15) is 0 Å². The summed E-state index contributed by atoms with van der Waals surface area (Å²) in [6, 6.07) is 22.9. The second kappa shape index (κ2) is 10.4. The minimum atomic E-state index is -0.0551. The second-order valence-corrected chi connectivity index (χ2v) is 9.58. The maximum absolute atomic E-state index is 13.4. The maximum atomic E-state index is 13.4. The summed E-state index contributed by atoms with van der Waals surface area (Å²) >= 11 is 1.53. The minimum Gasteiger partial charge on any atom is -0.497 e. The lowest BCUT2D eigenvalue weighted by Gasteiger charge is -2.15. The second-order valence-electron chi connectivity index (χ2n) is 8.64. The Morgan fingerprint density at radius 3 is 2.34 bits per heavy atom. The van der Waals surface area contributed by atoms with Crippen molar-refractivity contribution in [3.8, 4) is 5.75 Å². The molecule has 35 heavy (non-hydrogen) atoms. The topological polar surface area (TPSA) is 64.4 Å². The van der Waals surface area contributed by atoms with Crippen LogP contribution in [0.5, 0.6) is 5.75 Å². The fraction of sp³-hybridized carbons (Fsp3) is 0.250. The van der Waals surface area contributed by atoms with Crippen molar-refractivity contribution >= 4 is 28.6 Å². The summed E-state index contributed by atoms with van der Waals surface area (Å²) in [6.45, 7) is 2.11. The van der Waals surface area contributed by atoms with E-state index in [1.54, 1.807) is 11.7 Å². The number of likely N-dealkylation sites (tertiary alicyclic amines) is 1. The summed E-state index contributed by atoms with van der Waals surface area (Å²) in [5.74, 6) is 1.52. The van der Waals surface area contributed by atoms with Crippen molar-refractivity contribution in [1.82, 2.24) is 14.5 Å². The summed E-state index contributed by atoms with van der Waals surface area (Å²) in [5, 5.41) is 1.27. The molecule has 0 aliphatic carbocycles. The molecular formula is C28H27N3O3S. The summed E-state index contributed by atoms with van der Waals surface area (Å²) in [6.07, 6.45) is 2.16. The Balaban J connectivity index is 1.39. The van der Waals surface area contributed by atoms with Crippen LogP contribution in [0.15, 0.2) is 82.7 Å². The minimum absolute atomic E-state index is 0.0551. The van der Waals surface area contributed by atoms with Crippen LogP contribution in [0.4, 0.5) is 0 Å². The van der Waals surface area contributed by atoms with Crippen LogP contribution < -0.4 is 10.3 Å². The Morgan fingerprint density at radius 2 is 1.63 bits per heavy atom. The number of fused-ring (bicyclic) bond motifs is 1. The van der Waals surface area contributed by atoms with Crippen LogP contribution in [-0.2, 0) is 12.3 Å². The highest BCUT2D eigenvalue weighted by Gasteiger charge is 2.19. The summed E-state index contributed by atoms with van der Waals surface area (Å²) in [7, 11) is 1.64. The lowest BCUT2D eigenvalue weighted by molar-refractivity contribution is 0.0793. The molecule has 1 saturated heterocycles. The Bertz CT molecular complexity index is 1390. The molecule has 6 nitrogen and oxygen atoms in total. The van der Waals surface area contributed by atoms with Crippen LogP contribution in [0.25, 0.3) is 10.9 Å². The van der Waals surface area contributed by atoms with Gasteiger partial charge in [0.15, 0.2) is 5.16 Å². The molecule has 0 radical (unpaired) electrons. The van der Waals surface area contributed by atoms with Crippen LogP contribution in [0.3, 0.4) is 0 Å². The zero-order chi connectivity index (χ0) is 24.2. The Kier molecular flexibility index (Phi) is 6.86. The van der Waals surface area contributed by atoms with Crippen LogP contribution >= 0.6 is 11.8 Å². The SMILES string of the molecule is COc1ccc(Cn2c(SCc3ccc(C(=O)N4CCCC4)cc3)nc3ccccc3c2=O)cc1. The van der Waals surface area contributed by atoms with Crippen LogP contribution in [-0.4, -0.2) is 40.6 Å². The third-order valence-corrected chi connectivity index (χ3v) is 7.34. The molecule has 0 spiro atoms. The number of hydrogen-bond acceptors (Lipinski definition) is 5. The number of methoxy groups -OCH3 is 1. The van der Waals surface area contributed by atoms with Gasteiger partial charge in [-0.15, -0.1) is 0 Å². The van der Waals surface area contributed by atoms with Gasteiger partial charge in [-0.05, 0) is 60.4 Å². The molecule has 1 aliphatic heterocycles. The third kappa shape index (κ3) is 5.10. The van der Waals surface area contributed by atoms with Crippen molar-refractivity contribution in [2.24, 2.45) is 0 Å². The van der Waals surface area contributed by atoms with E-state index in [-0.39, 0.29) is 11.5 Å². The van der Waals surface area contributed by atoms with Crippen molar-refractivity contribution in [2.75, 3.05) is 20.2 Å². The number of amides is 1. The molecule has 0 bridgehead atoms. The van der Waals surface area contributed by atoms with Crippen molar-refractivity contribution in [2.45, 2.75) is 30.3 Å². The first-order valence-corrected chi connectivity index (χ1v) is 12.7. The van der Waals surface area contributed by atoms with Gasteiger partial charge in [0.1, 0.15) is 5.75 Å². The van der Waals surface area contributed by atoms with E-state index in [0.29, 0.717) is 28.4 Å². The van der Waals surface area contributed by atoms with Gasteiger partial charge in [-0.3, -0.25) is 14.2 Å². The van der Waals surface area contributed by atoms with E-state index in [2.05, 4.69) is 0 Å². The molecule has 2 heterocycles. The van der Waals surface area contributed by atoms with Gasteiger partial charge in [-0.1, -0.05) is 48.2 Å². The molecule has 1 aromatic heterocycles. The lowest BCUT2D eigenvalue weighted by atomic mass is 10.1. The number of carbonyl (C=O) groups excluding carboxylic acids is 1. The van der Waals surface area contributed by atoms with E-state index in [0.717, 1.165) is 48.4 Å². The smallest absolute Gasteiger partial charge is 0.262 e. The van der Waals surface area contributed by atoms with E-state index in [1.165, 1.54) is 11.8 Å². The van der Waals surface area contributed by atoms with Crippen molar-refractivity contribution in [3.05, 3.63) is 99.8 Å². The average molecular weight is 486 g/mol. The molecule has 1 amide bonds. The third-order valence-electron chi connectivity index (χ3n) is 6.29. The van der Waals surface area contributed by atoms with Crippen LogP contribution in [0.2, 0.25) is 0 Å². The number of nitrogens with zero attached hydrogens (tertiary/aromatic N) is 3. The first-order chi connectivity index (χ1) is 17.1. The number of aromatic nitrogens is 2. The number of carbonyl (C=O) groups is 1. The predicted octanol–water partition coefficient (Wildman–Crippen LogP) is 4.98. The fourth-order valence-electron chi connectivity index (χ4n) is 4.31. The molecule has 0 saturated carbocycles. The summed E-state index contributed by atoms with van der Waals surface area (Å²) < 4.78 is 6.99. The molecule has 5 rings (SSSR count). The molecule has 0 N–H and O–H groups in total. The van der Waals surface area contributed by atoms with Gasteiger partial charge >= 0.3 is 0 Å². The van der Waals surface area contributed by atoms with Crippen molar-refractivity contribution in [3.63, 3.8) is 0 Å². The zero-order valence-electron chi connectivity index (χ0n) is 19.6. The van der Waals surface area contributed by atoms with E-state index in [4.69, 9.17) is 9.72 Å². The van der Waals surface area contributed by atoms with Gasteiger partial charge in [-0.25, -0.2) is 4.98 Å². The molecule has 7 heteroatoms. The Morgan fingerprint density at radius 1 is 0.943 bits per heavy atom. The lowest BCUT2D eigenvalue weighted by Crippen LogP contribution is -2.27. The number of thioether (sulfide) groups is 1. The number of rotatable bonds is 7. The Labute approximate surface area is 208 Å². The molecule has 3 aromatic carbocycles. The average Bonchev–Trinajstić information content (AvgIpc) is 3.45. The normalized spacial score (nSPS) is 13.3. The van der Waals surface area contributed by atoms with Gasteiger partial charge in [0.25, 0.3) is 11.5 Å². The molecule has 4 aromatic rings. The zero-order valence-corrected chi connectivity index (χ0v) is 20.5. The van der Waals surface area contributed by atoms with Crippen LogP contribution in [0.1, 0.15) is 34.3 Å². The standard InChI is InChI=1S/C28H27N3O3S/c1-34-23-14-10-20(11-15-23)18-31-27(33)24-6-2-3-7-25(24)29-28(31)35-19-21-8-12-22(13-9-21)26(32)30-16-4-5-17-30/h2-3,6-15H,4-5,16-19H2,1H3. The predicted molar refractivity (Wildman–Crippen MR) is 139 cm³/mol. The van der Waals surface area contributed by atoms with Crippen molar-refractivity contribution < 1.29 is 9.53 Å². The summed E-state index contributed by atoms with van der Waals surface area (Å²) in [5.41, 5.74) is 3.43. The van der Waals surface area contributed by atoms with E-state index in [1.807, 2.05) is 77.7 Å². The highest BCUT2D eigenvalue weighted by molar-refractivity contribution is 7.98. The molecule has 1 fully saturated rings. The largest absolute Gasteiger partial charge is 0.497 e. The van der Waals surface area contributed by atoms with E-state index < -0.39 is 0 Å². The van der Waals surface area contributed by atoms with Crippen molar-refractivity contribution in [1.29, 1.82) is 0 Å². The fourth-order valence-corrected chi connectivity index (χ4v) is 5.26. The molecule has 1 aliphatic rings. The van der Waals surface area contributed by atoms with Gasteiger partial charge in [0.05, 0.1) is 24.6 Å². The number of para-hydroxylation sites is 1. The van der Waals surface area contributed by atoms with Gasteiger partial charge in [0.2, 0.25) is 0 Å². The quantitative estimate of drug-likeness (QED) is 0.273. The monoisotopic (exact) mass is 485 g/mol. The first-order valence-electron chi connectivity index (χ1n) is 11.8. The molecular weight excluding hydrogens is 458 g/mol. The summed E-state index contributed by atoms with van der Waals surface area (Å²) in [4.78, 5) is 32.7. The van der Waals surface area contributed by atoms with Crippen LogP contribution in [0, 0.1) is 0 Å². The Hall–Kier alpha value is -3.58. The van der Waals surface area contributed by atoms with Gasteiger partial charge < -0.3 is 9.64 Å². The maximum Gasteiger partial charge on any atom is 0.262 e. The van der Waals surface area contributed by atoms with Gasteiger partial charge in [0, 0.05) is 24.4 Å². The molecule has 0 atom stereocenters. The number of benzene rings is 3. The first kappa shape index (κ1) is 23.2. The molecule has 178 valence electrons. The highest BCUT2D eigenvalue weighted by Crippen LogP contribution is 2.24. The highest BCUT2D eigenvalue weighted by atomic mass is 32.2. The van der Waals surface area contributed by atoms with E-state index in [9.17, 15) is 9.59 Å². The number of hydrogen-bond donors (Lipinski definition) is 0.